The van der Waals surface area contributed by atoms with Gasteiger partial charge in [-0.2, -0.15) is 0 Å². The lowest BCUT2D eigenvalue weighted by Gasteiger charge is -2.14. The van der Waals surface area contributed by atoms with Crippen LogP contribution in [0, 0.1) is 6.92 Å². The molecule has 3 rings (SSSR count). The minimum atomic E-state index is -0.370. The molecule has 0 saturated heterocycles. The monoisotopic (exact) mass is 413 g/mol. The first-order chi connectivity index (χ1) is 13.9. The van der Waals surface area contributed by atoms with Gasteiger partial charge in [-0.1, -0.05) is 17.7 Å². The Labute approximate surface area is 172 Å². The summed E-state index contributed by atoms with van der Waals surface area (Å²) in [7, 11) is 1.58. The van der Waals surface area contributed by atoms with Crippen molar-refractivity contribution in [2.24, 2.45) is 0 Å². The fourth-order valence-electron chi connectivity index (χ4n) is 2.69. The molecule has 0 spiro atoms. The standard InChI is InChI=1S/C21H20ClN3O4/c1-14-10-21(27)25(12-20(26)24-16-5-3-4-15(22)11-16)19(23-14)13-29-18-8-6-17(28-2)7-9-18/h3-11H,12-13H2,1-2H3,(H,24,26). The highest BCUT2D eigenvalue weighted by molar-refractivity contribution is 6.30. The summed E-state index contributed by atoms with van der Waals surface area (Å²) >= 11 is 5.93. The molecule has 7 nitrogen and oxygen atoms in total. The predicted molar refractivity (Wildman–Crippen MR) is 111 cm³/mol. The van der Waals surface area contributed by atoms with Crippen LogP contribution in [0.1, 0.15) is 11.5 Å². The Morgan fingerprint density at radius 3 is 2.55 bits per heavy atom. The first-order valence-electron chi connectivity index (χ1n) is 8.84. The van der Waals surface area contributed by atoms with Crippen LogP contribution in [0.15, 0.2) is 59.4 Å². The zero-order valence-electron chi connectivity index (χ0n) is 16.0. The van der Waals surface area contributed by atoms with E-state index < -0.39 is 0 Å². The number of carbonyl (C=O) groups is 1. The molecule has 0 atom stereocenters. The summed E-state index contributed by atoms with van der Waals surface area (Å²) in [6.07, 6.45) is 0. The number of carbonyl (C=O) groups excluding carboxylic acids is 1. The summed E-state index contributed by atoms with van der Waals surface area (Å²) in [5, 5.41) is 3.23. The number of hydrogen-bond acceptors (Lipinski definition) is 5. The van der Waals surface area contributed by atoms with Gasteiger partial charge in [0.2, 0.25) is 5.91 Å². The second kappa shape index (κ2) is 9.25. The van der Waals surface area contributed by atoms with Crippen LogP contribution in [0.3, 0.4) is 0 Å². The van der Waals surface area contributed by atoms with Gasteiger partial charge in [0.1, 0.15) is 30.5 Å². The lowest BCUT2D eigenvalue weighted by molar-refractivity contribution is -0.116. The van der Waals surface area contributed by atoms with Gasteiger partial charge in [-0.3, -0.25) is 14.2 Å². The molecule has 8 heteroatoms. The average Bonchev–Trinajstić information content (AvgIpc) is 2.69. The van der Waals surface area contributed by atoms with Gasteiger partial charge in [0, 0.05) is 22.5 Å². The van der Waals surface area contributed by atoms with Crippen molar-refractivity contribution in [2.75, 3.05) is 12.4 Å². The van der Waals surface area contributed by atoms with Crippen molar-refractivity contribution in [3.8, 4) is 11.5 Å². The maximum absolute atomic E-state index is 12.4. The van der Waals surface area contributed by atoms with Crippen LogP contribution in [-0.2, 0) is 17.9 Å². The number of rotatable bonds is 7. The number of halogens is 1. The lowest BCUT2D eigenvalue weighted by Crippen LogP contribution is -2.31. The van der Waals surface area contributed by atoms with E-state index in [0.29, 0.717) is 33.7 Å². The van der Waals surface area contributed by atoms with E-state index in [1.54, 1.807) is 62.6 Å². The van der Waals surface area contributed by atoms with Gasteiger partial charge in [0.15, 0.2) is 0 Å². The lowest BCUT2D eigenvalue weighted by atomic mass is 10.3. The second-order valence-electron chi connectivity index (χ2n) is 6.26. The van der Waals surface area contributed by atoms with E-state index in [1.165, 1.54) is 10.6 Å². The Balaban J connectivity index is 1.75. The van der Waals surface area contributed by atoms with E-state index in [2.05, 4.69) is 10.3 Å². The molecule has 0 aliphatic heterocycles. The molecule has 0 aliphatic rings. The quantitative estimate of drug-likeness (QED) is 0.641. The first-order valence-corrected chi connectivity index (χ1v) is 9.22. The van der Waals surface area contributed by atoms with Gasteiger partial charge >= 0.3 is 0 Å². The van der Waals surface area contributed by atoms with Crippen molar-refractivity contribution in [3.63, 3.8) is 0 Å². The van der Waals surface area contributed by atoms with E-state index in [1.807, 2.05) is 0 Å². The predicted octanol–water partition coefficient (Wildman–Crippen LogP) is 3.43. The SMILES string of the molecule is COc1ccc(OCc2nc(C)cc(=O)n2CC(=O)Nc2cccc(Cl)c2)cc1. The number of anilines is 1. The van der Waals surface area contributed by atoms with Crippen molar-refractivity contribution in [1.29, 1.82) is 0 Å². The Hall–Kier alpha value is -3.32. The van der Waals surface area contributed by atoms with Crippen LogP contribution in [0.25, 0.3) is 0 Å². The van der Waals surface area contributed by atoms with Gasteiger partial charge in [0.25, 0.3) is 5.56 Å². The Morgan fingerprint density at radius 1 is 1.14 bits per heavy atom. The number of methoxy groups -OCH3 is 1. The maximum atomic E-state index is 12.4. The minimum absolute atomic E-state index is 0.0354. The summed E-state index contributed by atoms with van der Waals surface area (Å²) in [5.74, 6) is 1.29. The highest BCUT2D eigenvalue weighted by Crippen LogP contribution is 2.18. The molecule has 0 saturated carbocycles. The molecule has 0 fully saturated rings. The van der Waals surface area contributed by atoms with Crippen molar-refractivity contribution < 1.29 is 14.3 Å². The number of aromatic nitrogens is 2. The van der Waals surface area contributed by atoms with E-state index >= 15 is 0 Å². The van der Waals surface area contributed by atoms with E-state index in [9.17, 15) is 9.59 Å². The van der Waals surface area contributed by atoms with Gasteiger partial charge < -0.3 is 14.8 Å². The Kier molecular flexibility index (Phi) is 6.51. The van der Waals surface area contributed by atoms with Crippen LogP contribution < -0.4 is 20.3 Å². The summed E-state index contributed by atoms with van der Waals surface area (Å²) in [5.41, 5.74) is 0.772. The number of ether oxygens (including phenoxy) is 2. The first kappa shape index (κ1) is 20.4. The van der Waals surface area contributed by atoms with Crippen molar-refractivity contribution in [2.45, 2.75) is 20.1 Å². The Bertz CT molecular complexity index is 1060. The van der Waals surface area contributed by atoms with Crippen LogP contribution in [0.5, 0.6) is 11.5 Å². The van der Waals surface area contributed by atoms with Crippen molar-refractivity contribution in [3.05, 3.63) is 81.5 Å². The zero-order chi connectivity index (χ0) is 20.8. The molecule has 2 aromatic carbocycles. The van der Waals surface area contributed by atoms with Gasteiger partial charge in [0.05, 0.1) is 7.11 Å². The molecular weight excluding hydrogens is 394 g/mol. The Morgan fingerprint density at radius 2 is 1.86 bits per heavy atom. The second-order valence-corrected chi connectivity index (χ2v) is 6.70. The van der Waals surface area contributed by atoms with E-state index in [4.69, 9.17) is 21.1 Å². The molecule has 1 amide bonds. The molecule has 150 valence electrons. The van der Waals surface area contributed by atoms with Gasteiger partial charge in [-0.15, -0.1) is 0 Å². The normalized spacial score (nSPS) is 10.4. The third-order valence-electron chi connectivity index (χ3n) is 4.05. The third kappa shape index (κ3) is 5.58. The molecule has 0 unspecified atom stereocenters. The molecule has 1 aromatic heterocycles. The number of amides is 1. The average molecular weight is 414 g/mol. The van der Waals surface area contributed by atoms with Crippen LogP contribution >= 0.6 is 11.6 Å². The highest BCUT2D eigenvalue weighted by Gasteiger charge is 2.13. The minimum Gasteiger partial charge on any atom is -0.497 e. The van der Waals surface area contributed by atoms with Crippen molar-refractivity contribution in [1.82, 2.24) is 9.55 Å². The number of benzene rings is 2. The fourth-order valence-corrected chi connectivity index (χ4v) is 2.88. The van der Waals surface area contributed by atoms with Crippen LogP contribution in [0.4, 0.5) is 5.69 Å². The summed E-state index contributed by atoms with van der Waals surface area (Å²) in [4.78, 5) is 29.2. The smallest absolute Gasteiger partial charge is 0.254 e. The summed E-state index contributed by atoms with van der Waals surface area (Å²) < 4.78 is 12.1. The molecule has 0 bridgehead atoms. The number of nitrogens with zero attached hydrogens (tertiary/aromatic N) is 2. The van der Waals surface area contributed by atoms with Crippen LogP contribution in [-0.4, -0.2) is 22.6 Å². The molecule has 3 aromatic rings. The van der Waals surface area contributed by atoms with E-state index in [-0.39, 0.29) is 24.6 Å². The largest absolute Gasteiger partial charge is 0.497 e. The summed E-state index contributed by atoms with van der Waals surface area (Å²) in [6, 6.07) is 15.2. The molecular formula is C21H20ClN3O4. The molecule has 0 aliphatic carbocycles. The molecule has 1 heterocycles. The van der Waals surface area contributed by atoms with E-state index in [0.717, 1.165) is 0 Å². The number of nitrogens with one attached hydrogen (secondary N) is 1. The number of hydrogen-bond donors (Lipinski definition) is 1. The van der Waals surface area contributed by atoms with Crippen molar-refractivity contribution >= 4 is 23.2 Å². The molecule has 0 radical (unpaired) electrons. The van der Waals surface area contributed by atoms with Gasteiger partial charge in [-0.25, -0.2) is 4.98 Å². The molecule has 29 heavy (non-hydrogen) atoms. The number of aryl methyl sites for hydroxylation is 1. The van der Waals surface area contributed by atoms with Crippen LogP contribution in [0.2, 0.25) is 5.02 Å². The summed E-state index contributed by atoms with van der Waals surface area (Å²) in [6.45, 7) is 1.56. The van der Waals surface area contributed by atoms with Gasteiger partial charge in [-0.05, 0) is 49.4 Å². The zero-order valence-corrected chi connectivity index (χ0v) is 16.8. The highest BCUT2D eigenvalue weighted by atomic mass is 35.5. The fraction of sp³-hybridized carbons (Fsp3) is 0.190. The maximum Gasteiger partial charge on any atom is 0.254 e. The topological polar surface area (TPSA) is 82.5 Å². The third-order valence-corrected chi connectivity index (χ3v) is 4.29. The molecule has 1 N–H and O–H groups in total.